The minimum absolute atomic E-state index is 0.113. The third-order valence-corrected chi connectivity index (χ3v) is 3.40. The second-order valence-electron chi connectivity index (χ2n) is 4.73. The summed E-state index contributed by atoms with van der Waals surface area (Å²) in [5.74, 6) is 0. The van der Waals surface area contributed by atoms with Crippen LogP contribution >= 0.6 is 0 Å². The highest BCUT2D eigenvalue weighted by Crippen LogP contribution is 2.23. The third kappa shape index (κ3) is 3.15. The van der Waals surface area contributed by atoms with Crippen LogP contribution < -0.4 is 5.32 Å². The first-order chi connectivity index (χ1) is 9.61. The zero-order valence-corrected chi connectivity index (χ0v) is 11.7. The molecule has 0 aliphatic heterocycles. The maximum Gasteiger partial charge on any atom is 0.271 e. The molecule has 2 rings (SSSR count). The van der Waals surface area contributed by atoms with E-state index in [9.17, 15) is 10.1 Å². The summed E-state index contributed by atoms with van der Waals surface area (Å²) in [7, 11) is 0. The van der Waals surface area contributed by atoms with E-state index in [1.807, 2.05) is 19.1 Å². The van der Waals surface area contributed by atoms with Gasteiger partial charge in [-0.2, -0.15) is 0 Å². The lowest BCUT2D eigenvalue weighted by atomic mass is 10.1. The van der Waals surface area contributed by atoms with Gasteiger partial charge in [0.1, 0.15) is 0 Å². The van der Waals surface area contributed by atoms with E-state index < -0.39 is 0 Å². The molecule has 104 valence electrons. The van der Waals surface area contributed by atoms with E-state index in [0.29, 0.717) is 6.54 Å². The van der Waals surface area contributed by atoms with Crippen molar-refractivity contribution < 1.29 is 4.92 Å². The van der Waals surface area contributed by atoms with Crippen molar-refractivity contribution in [3.05, 3.63) is 69.3 Å². The molecule has 0 fully saturated rings. The molecule has 20 heavy (non-hydrogen) atoms. The molecule has 1 N–H and O–H groups in total. The van der Waals surface area contributed by atoms with E-state index >= 15 is 0 Å². The lowest BCUT2D eigenvalue weighted by molar-refractivity contribution is -0.384. The van der Waals surface area contributed by atoms with Crippen molar-refractivity contribution in [2.75, 3.05) is 5.32 Å². The number of rotatable bonds is 5. The normalized spacial score (nSPS) is 10.3. The summed E-state index contributed by atoms with van der Waals surface area (Å²) in [6.07, 6.45) is 0.978. The van der Waals surface area contributed by atoms with Gasteiger partial charge in [0.2, 0.25) is 0 Å². The van der Waals surface area contributed by atoms with Gasteiger partial charge in [-0.25, -0.2) is 0 Å². The summed E-state index contributed by atoms with van der Waals surface area (Å²) in [5, 5.41) is 14.1. The molecule has 0 unspecified atom stereocenters. The molecule has 4 nitrogen and oxygen atoms in total. The number of anilines is 1. The molecule has 0 spiro atoms. The molecule has 0 saturated carbocycles. The zero-order valence-electron chi connectivity index (χ0n) is 11.7. The maximum atomic E-state index is 10.8. The Morgan fingerprint density at radius 1 is 1.15 bits per heavy atom. The lowest BCUT2D eigenvalue weighted by Crippen LogP contribution is -2.04. The van der Waals surface area contributed by atoms with E-state index in [0.717, 1.165) is 17.7 Å². The molecular formula is C16H18N2O2. The predicted molar refractivity (Wildman–Crippen MR) is 81.0 cm³/mol. The lowest BCUT2D eigenvalue weighted by Gasteiger charge is -2.12. The molecule has 0 amide bonds. The third-order valence-electron chi connectivity index (χ3n) is 3.40. The van der Waals surface area contributed by atoms with Crippen molar-refractivity contribution in [3.8, 4) is 0 Å². The fourth-order valence-corrected chi connectivity index (χ4v) is 2.18. The van der Waals surface area contributed by atoms with E-state index in [1.165, 1.54) is 17.2 Å². The van der Waals surface area contributed by atoms with Crippen molar-refractivity contribution in [2.45, 2.75) is 26.8 Å². The van der Waals surface area contributed by atoms with E-state index in [1.54, 1.807) is 12.1 Å². The number of benzene rings is 2. The number of hydrogen-bond donors (Lipinski definition) is 1. The first-order valence-electron chi connectivity index (χ1n) is 6.67. The highest BCUT2D eigenvalue weighted by atomic mass is 16.6. The number of nitrogens with zero attached hydrogens (tertiary/aromatic N) is 1. The van der Waals surface area contributed by atoms with E-state index in [2.05, 4.69) is 24.4 Å². The van der Waals surface area contributed by atoms with Gasteiger partial charge in [-0.3, -0.25) is 10.1 Å². The van der Waals surface area contributed by atoms with Crippen molar-refractivity contribution in [2.24, 2.45) is 0 Å². The van der Waals surface area contributed by atoms with E-state index in [-0.39, 0.29) is 10.6 Å². The Bertz CT molecular complexity index is 624. The summed E-state index contributed by atoms with van der Waals surface area (Å²) in [6, 6.07) is 13.1. The summed E-state index contributed by atoms with van der Waals surface area (Å²) < 4.78 is 0. The van der Waals surface area contributed by atoms with Gasteiger partial charge in [0, 0.05) is 24.4 Å². The Kier molecular flexibility index (Phi) is 4.35. The van der Waals surface area contributed by atoms with Crippen LogP contribution in [-0.4, -0.2) is 4.92 Å². The molecule has 2 aromatic carbocycles. The smallest absolute Gasteiger partial charge is 0.271 e. The molecule has 0 atom stereocenters. The Hall–Kier alpha value is -2.36. The van der Waals surface area contributed by atoms with Crippen LogP contribution in [0.4, 0.5) is 11.4 Å². The molecule has 2 aromatic rings. The van der Waals surface area contributed by atoms with Crippen LogP contribution in [0.5, 0.6) is 0 Å². The molecule has 0 radical (unpaired) electrons. The number of aryl methyl sites for hydroxylation is 2. The van der Waals surface area contributed by atoms with Crippen LogP contribution in [0.15, 0.2) is 42.5 Å². The first kappa shape index (κ1) is 14.1. The van der Waals surface area contributed by atoms with Crippen LogP contribution in [0.2, 0.25) is 0 Å². The van der Waals surface area contributed by atoms with Gasteiger partial charge in [0.05, 0.1) is 4.92 Å². The minimum Gasteiger partial charge on any atom is -0.381 e. The predicted octanol–water partition coefficient (Wildman–Crippen LogP) is 4.08. The van der Waals surface area contributed by atoms with Gasteiger partial charge >= 0.3 is 0 Å². The molecule has 0 bridgehead atoms. The van der Waals surface area contributed by atoms with Crippen LogP contribution in [0.25, 0.3) is 0 Å². The molecule has 0 heterocycles. The van der Waals surface area contributed by atoms with Crippen LogP contribution in [0.3, 0.4) is 0 Å². The molecule has 0 aliphatic carbocycles. The molecule has 0 aromatic heterocycles. The maximum absolute atomic E-state index is 10.8. The van der Waals surface area contributed by atoms with Crippen LogP contribution in [0, 0.1) is 17.0 Å². The number of nitro benzene ring substituents is 1. The average molecular weight is 270 g/mol. The van der Waals surface area contributed by atoms with Gasteiger partial charge in [-0.1, -0.05) is 37.3 Å². The second-order valence-corrected chi connectivity index (χ2v) is 4.73. The van der Waals surface area contributed by atoms with Gasteiger partial charge in [0.15, 0.2) is 0 Å². The Morgan fingerprint density at radius 3 is 2.50 bits per heavy atom. The van der Waals surface area contributed by atoms with Crippen LogP contribution in [-0.2, 0) is 13.0 Å². The van der Waals surface area contributed by atoms with Gasteiger partial charge in [0.25, 0.3) is 5.69 Å². The monoisotopic (exact) mass is 270 g/mol. The fraction of sp³-hybridized carbons (Fsp3) is 0.250. The Labute approximate surface area is 118 Å². The highest BCUT2D eigenvalue weighted by molar-refractivity contribution is 5.57. The quantitative estimate of drug-likeness (QED) is 0.658. The SMILES string of the molecule is CCc1ccccc1CNc1cc([N+](=O)[O-])ccc1C. The highest BCUT2D eigenvalue weighted by Gasteiger charge is 2.08. The number of non-ortho nitro benzene ring substituents is 1. The largest absolute Gasteiger partial charge is 0.381 e. The molecule has 4 heteroatoms. The average Bonchev–Trinajstić information content (AvgIpc) is 2.46. The summed E-state index contributed by atoms with van der Waals surface area (Å²) >= 11 is 0. The zero-order chi connectivity index (χ0) is 14.5. The van der Waals surface area contributed by atoms with E-state index in [4.69, 9.17) is 0 Å². The summed E-state index contributed by atoms with van der Waals surface area (Å²) in [5.41, 5.74) is 4.44. The standard InChI is InChI=1S/C16H18N2O2/c1-3-13-6-4-5-7-14(13)11-17-16-10-15(18(19)20)9-8-12(16)2/h4-10,17H,3,11H2,1-2H3. The van der Waals surface area contributed by atoms with Crippen molar-refractivity contribution in [3.63, 3.8) is 0 Å². The van der Waals surface area contributed by atoms with Crippen molar-refractivity contribution in [1.29, 1.82) is 0 Å². The second kappa shape index (κ2) is 6.19. The summed E-state index contributed by atoms with van der Waals surface area (Å²) in [4.78, 5) is 10.4. The minimum atomic E-state index is -0.370. The number of hydrogen-bond acceptors (Lipinski definition) is 3. The first-order valence-corrected chi connectivity index (χ1v) is 6.67. The van der Waals surface area contributed by atoms with Crippen molar-refractivity contribution >= 4 is 11.4 Å². The number of nitrogens with one attached hydrogen (secondary N) is 1. The topological polar surface area (TPSA) is 55.2 Å². The fourth-order valence-electron chi connectivity index (χ4n) is 2.18. The summed E-state index contributed by atoms with van der Waals surface area (Å²) in [6.45, 7) is 4.74. The molecule has 0 saturated heterocycles. The Balaban J connectivity index is 2.18. The Morgan fingerprint density at radius 2 is 1.85 bits per heavy atom. The van der Waals surface area contributed by atoms with Crippen molar-refractivity contribution in [1.82, 2.24) is 0 Å². The van der Waals surface area contributed by atoms with Gasteiger partial charge < -0.3 is 5.32 Å². The number of nitro groups is 1. The molecule has 0 aliphatic rings. The molecular weight excluding hydrogens is 252 g/mol. The van der Waals surface area contributed by atoms with Crippen LogP contribution in [0.1, 0.15) is 23.6 Å². The van der Waals surface area contributed by atoms with Gasteiger partial charge in [-0.05, 0) is 30.0 Å². The van der Waals surface area contributed by atoms with Gasteiger partial charge in [-0.15, -0.1) is 0 Å².